The fourth-order valence-electron chi connectivity index (χ4n) is 5.93. The number of likely N-dealkylation sites (tertiary alicyclic amines) is 1. The maximum atomic E-state index is 14.3. The van der Waals surface area contributed by atoms with Gasteiger partial charge >= 0.3 is 0 Å². The fourth-order valence-corrected chi connectivity index (χ4v) is 5.93. The summed E-state index contributed by atoms with van der Waals surface area (Å²) < 4.78 is 11.7. The SMILES string of the molecule is C=CC(=O)N[C@H](Cc1ccccc1)C(=O)N1C[C@H](Oc2nccc3cc(OC)ccc23)C[C@H]1C(=O)N[C@](C)(C=C)C(=O)NCC(O)C1CC1. The molecule has 1 aromatic heterocycles. The van der Waals surface area contributed by atoms with Gasteiger partial charge in [-0.1, -0.05) is 43.0 Å². The number of fused-ring (bicyclic) bond motifs is 1. The topological polar surface area (TPSA) is 159 Å². The number of nitrogens with zero attached hydrogens (tertiary/aromatic N) is 2. The first-order valence-corrected chi connectivity index (χ1v) is 16.3. The number of aromatic nitrogens is 1. The fraction of sp³-hybridized carbons (Fsp3) is 0.378. The number of aliphatic hydroxyl groups is 1. The van der Waals surface area contributed by atoms with Crippen molar-refractivity contribution in [2.24, 2.45) is 5.92 Å². The van der Waals surface area contributed by atoms with Gasteiger partial charge in [0.15, 0.2) is 0 Å². The van der Waals surface area contributed by atoms with Gasteiger partial charge in [-0.15, -0.1) is 6.58 Å². The molecule has 4 amide bonds. The summed E-state index contributed by atoms with van der Waals surface area (Å²) in [4.78, 5) is 59.9. The molecule has 1 saturated carbocycles. The van der Waals surface area contributed by atoms with Gasteiger partial charge < -0.3 is 35.4 Å². The number of nitrogens with one attached hydrogen (secondary N) is 3. The Bertz CT molecular complexity index is 1710. The number of carbonyl (C=O) groups excluding carboxylic acids is 4. The molecule has 12 heteroatoms. The third-order valence-corrected chi connectivity index (χ3v) is 9.05. The lowest BCUT2D eigenvalue weighted by Gasteiger charge is -2.32. The zero-order chi connectivity index (χ0) is 35.1. The monoisotopic (exact) mass is 669 g/mol. The van der Waals surface area contributed by atoms with E-state index in [0.717, 1.165) is 35.3 Å². The molecule has 2 fully saturated rings. The van der Waals surface area contributed by atoms with Gasteiger partial charge in [-0.05, 0) is 67.0 Å². The standard InChI is InChI=1S/C37H43N5O7/c1-5-32(44)40-29(18-23-10-8-7-9-11-23)35(46)42-22-27(49-34-28-15-14-26(48-4)19-25(28)16-17-38-34)20-30(42)33(45)41-37(3,6-2)36(47)39-21-31(43)24-12-13-24/h5-11,14-17,19,24,27,29-31,43H,1-2,12-13,18,20-22H2,3-4H3,(H,39,47)(H,40,44)(H,41,45)/t27-,29-,30+,31?,37-/m1/s1. The molecule has 2 aromatic carbocycles. The molecule has 5 atom stereocenters. The van der Waals surface area contributed by atoms with Crippen LogP contribution in [-0.4, -0.2) is 88.6 Å². The van der Waals surface area contributed by atoms with Crippen LogP contribution in [0.5, 0.6) is 11.6 Å². The lowest BCUT2D eigenvalue weighted by Crippen LogP contribution is -2.61. The number of hydrogen-bond donors (Lipinski definition) is 4. The van der Waals surface area contributed by atoms with Crippen LogP contribution in [0.2, 0.25) is 0 Å². The lowest BCUT2D eigenvalue weighted by molar-refractivity contribution is -0.142. The van der Waals surface area contributed by atoms with Crippen molar-refractivity contribution in [1.82, 2.24) is 25.8 Å². The highest BCUT2D eigenvalue weighted by Gasteiger charge is 2.45. The summed E-state index contributed by atoms with van der Waals surface area (Å²) in [6.45, 7) is 8.85. The molecule has 49 heavy (non-hydrogen) atoms. The predicted octanol–water partition coefficient (Wildman–Crippen LogP) is 2.45. The third kappa shape index (κ3) is 8.44. The molecule has 4 N–H and O–H groups in total. The molecule has 2 aliphatic rings. The maximum Gasteiger partial charge on any atom is 0.249 e. The number of benzene rings is 2. The minimum Gasteiger partial charge on any atom is -0.497 e. The first-order chi connectivity index (χ1) is 23.5. The van der Waals surface area contributed by atoms with E-state index >= 15 is 0 Å². The molecule has 2 heterocycles. The van der Waals surface area contributed by atoms with Crippen molar-refractivity contribution in [3.63, 3.8) is 0 Å². The second-order valence-corrected chi connectivity index (χ2v) is 12.7. The molecule has 1 unspecified atom stereocenters. The van der Waals surface area contributed by atoms with Crippen molar-refractivity contribution in [2.45, 2.75) is 62.4 Å². The van der Waals surface area contributed by atoms with E-state index in [1.54, 1.807) is 19.4 Å². The Morgan fingerprint density at radius 2 is 1.88 bits per heavy atom. The highest BCUT2D eigenvalue weighted by Crippen LogP contribution is 2.33. The normalized spacial score (nSPS) is 19.5. The molecular weight excluding hydrogens is 626 g/mol. The van der Waals surface area contributed by atoms with Crippen molar-refractivity contribution in [2.75, 3.05) is 20.2 Å². The number of amides is 4. The zero-order valence-electron chi connectivity index (χ0n) is 27.8. The summed E-state index contributed by atoms with van der Waals surface area (Å²) in [5.74, 6) is -1.05. The summed E-state index contributed by atoms with van der Waals surface area (Å²) in [7, 11) is 1.58. The summed E-state index contributed by atoms with van der Waals surface area (Å²) in [5.41, 5.74) is -0.747. The number of carbonyl (C=O) groups is 4. The zero-order valence-corrected chi connectivity index (χ0v) is 27.8. The number of rotatable bonds is 15. The van der Waals surface area contributed by atoms with E-state index in [9.17, 15) is 24.3 Å². The van der Waals surface area contributed by atoms with Crippen LogP contribution in [0.15, 0.2) is 86.1 Å². The van der Waals surface area contributed by atoms with E-state index in [4.69, 9.17) is 9.47 Å². The second kappa shape index (κ2) is 15.3. The van der Waals surface area contributed by atoms with Crippen LogP contribution in [0.4, 0.5) is 0 Å². The largest absolute Gasteiger partial charge is 0.497 e. The molecule has 0 spiro atoms. The van der Waals surface area contributed by atoms with Crippen LogP contribution < -0.4 is 25.4 Å². The molecule has 3 aromatic rings. The first-order valence-electron chi connectivity index (χ1n) is 16.3. The number of aliphatic hydroxyl groups excluding tert-OH is 1. The molecule has 12 nitrogen and oxygen atoms in total. The van der Waals surface area contributed by atoms with Gasteiger partial charge in [-0.25, -0.2) is 4.98 Å². The number of hydrogen-bond acceptors (Lipinski definition) is 8. The van der Waals surface area contributed by atoms with E-state index in [1.807, 2.05) is 48.5 Å². The quantitative estimate of drug-likeness (QED) is 0.142. The van der Waals surface area contributed by atoms with Gasteiger partial charge in [0.1, 0.15) is 29.5 Å². The Labute approximate surface area is 285 Å². The van der Waals surface area contributed by atoms with Crippen LogP contribution in [0.3, 0.4) is 0 Å². The summed E-state index contributed by atoms with van der Waals surface area (Å²) in [5, 5.41) is 20.0. The van der Waals surface area contributed by atoms with E-state index in [2.05, 4.69) is 34.1 Å². The molecule has 1 saturated heterocycles. The van der Waals surface area contributed by atoms with Gasteiger partial charge in [0.05, 0.1) is 19.8 Å². The van der Waals surface area contributed by atoms with E-state index in [-0.39, 0.29) is 31.8 Å². The van der Waals surface area contributed by atoms with E-state index in [1.165, 1.54) is 17.9 Å². The molecule has 5 rings (SSSR count). The average Bonchev–Trinajstić information content (AvgIpc) is 3.89. The summed E-state index contributed by atoms with van der Waals surface area (Å²) >= 11 is 0. The van der Waals surface area contributed by atoms with Crippen LogP contribution in [0.1, 0.15) is 31.7 Å². The number of ether oxygens (including phenoxy) is 2. The van der Waals surface area contributed by atoms with E-state index in [0.29, 0.717) is 11.6 Å². The Kier molecular flexibility index (Phi) is 11.0. The maximum absolute atomic E-state index is 14.3. The van der Waals surface area contributed by atoms with Crippen LogP contribution in [0, 0.1) is 5.92 Å². The summed E-state index contributed by atoms with van der Waals surface area (Å²) in [6, 6.07) is 14.4. The third-order valence-electron chi connectivity index (χ3n) is 9.05. The smallest absolute Gasteiger partial charge is 0.249 e. The highest BCUT2D eigenvalue weighted by atomic mass is 16.5. The second-order valence-electron chi connectivity index (χ2n) is 12.7. The molecule has 1 aliphatic carbocycles. The van der Waals surface area contributed by atoms with Crippen LogP contribution in [0.25, 0.3) is 10.8 Å². The van der Waals surface area contributed by atoms with Crippen LogP contribution in [-0.2, 0) is 25.6 Å². The van der Waals surface area contributed by atoms with Gasteiger partial charge in [-0.3, -0.25) is 19.2 Å². The highest BCUT2D eigenvalue weighted by molar-refractivity contribution is 5.98. The molecule has 1 aliphatic heterocycles. The van der Waals surface area contributed by atoms with Gasteiger partial charge in [0.2, 0.25) is 29.5 Å². The van der Waals surface area contributed by atoms with Gasteiger partial charge in [-0.2, -0.15) is 0 Å². The average molecular weight is 670 g/mol. The molecular formula is C37H43N5O7. The Morgan fingerprint density at radius 1 is 1.12 bits per heavy atom. The van der Waals surface area contributed by atoms with Crippen LogP contribution >= 0.6 is 0 Å². The predicted molar refractivity (Wildman–Crippen MR) is 184 cm³/mol. The molecule has 0 radical (unpaired) electrons. The molecule has 0 bridgehead atoms. The Morgan fingerprint density at radius 3 is 2.55 bits per heavy atom. The minimum atomic E-state index is -1.55. The summed E-state index contributed by atoms with van der Waals surface area (Å²) in [6.07, 6.45) is 4.72. The van der Waals surface area contributed by atoms with Crippen molar-refractivity contribution < 1.29 is 33.8 Å². The first kappa shape index (κ1) is 35.1. The van der Waals surface area contributed by atoms with Crippen molar-refractivity contribution in [3.8, 4) is 11.6 Å². The van der Waals surface area contributed by atoms with Crippen molar-refractivity contribution >= 4 is 34.4 Å². The van der Waals surface area contributed by atoms with E-state index < -0.39 is 53.5 Å². The lowest BCUT2D eigenvalue weighted by atomic mass is 9.99. The minimum absolute atomic E-state index is 0.00493. The Balaban J connectivity index is 1.41. The van der Waals surface area contributed by atoms with Gasteiger partial charge in [0, 0.05) is 31.0 Å². The van der Waals surface area contributed by atoms with Gasteiger partial charge in [0.25, 0.3) is 0 Å². The number of pyridine rings is 1. The van der Waals surface area contributed by atoms with Crippen molar-refractivity contribution in [3.05, 3.63) is 91.7 Å². The van der Waals surface area contributed by atoms with Crippen molar-refractivity contribution in [1.29, 1.82) is 0 Å². The Hall–Kier alpha value is -5.23. The number of methoxy groups -OCH3 is 1. The molecule has 258 valence electrons.